The predicted molar refractivity (Wildman–Crippen MR) is 83.3 cm³/mol. The maximum absolute atomic E-state index is 12.7. The molecule has 1 N–H and O–H groups in total. The van der Waals surface area contributed by atoms with Gasteiger partial charge in [0.15, 0.2) is 0 Å². The smallest absolute Gasteiger partial charge is 0.241 e. The fraction of sp³-hybridized carbons (Fsp3) is 0.941. The Morgan fingerprint density at radius 1 is 1.30 bits per heavy atom. The molecule has 2 fully saturated rings. The van der Waals surface area contributed by atoms with Gasteiger partial charge in [0, 0.05) is 6.54 Å². The minimum Gasteiger partial charge on any atom is -0.326 e. The fourth-order valence-electron chi connectivity index (χ4n) is 3.82. The van der Waals surface area contributed by atoms with Crippen molar-refractivity contribution < 1.29 is 4.79 Å². The summed E-state index contributed by atoms with van der Waals surface area (Å²) < 4.78 is 0. The first-order chi connectivity index (χ1) is 9.58. The molecule has 1 aliphatic carbocycles. The van der Waals surface area contributed by atoms with Crippen molar-refractivity contribution in [3.8, 4) is 0 Å². The van der Waals surface area contributed by atoms with E-state index in [-0.39, 0.29) is 12.2 Å². The molecule has 1 aliphatic heterocycles. The number of amides is 1. The van der Waals surface area contributed by atoms with Crippen LogP contribution in [0.2, 0.25) is 0 Å². The summed E-state index contributed by atoms with van der Waals surface area (Å²) in [5.74, 6) is 2.27. The summed E-state index contributed by atoms with van der Waals surface area (Å²) in [5, 5.41) is 3.57. The lowest BCUT2D eigenvalue weighted by Gasteiger charge is -2.34. The van der Waals surface area contributed by atoms with Gasteiger partial charge >= 0.3 is 0 Å². The summed E-state index contributed by atoms with van der Waals surface area (Å²) >= 11 is 0. The summed E-state index contributed by atoms with van der Waals surface area (Å²) in [5.41, 5.74) is 0. The second-order valence-corrected chi connectivity index (χ2v) is 6.97. The van der Waals surface area contributed by atoms with Gasteiger partial charge in [0.1, 0.15) is 0 Å². The molecule has 0 aromatic carbocycles. The van der Waals surface area contributed by atoms with Crippen LogP contribution in [-0.4, -0.2) is 29.6 Å². The van der Waals surface area contributed by atoms with E-state index in [1.165, 1.54) is 25.7 Å². The zero-order chi connectivity index (χ0) is 14.7. The van der Waals surface area contributed by atoms with Gasteiger partial charge in [-0.15, -0.1) is 0 Å². The third-order valence-electron chi connectivity index (χ3n) is 5.62. The molecule has 2 aliphatic rings. The van der Waals surface area contributed by atoms with Gasteiger partial charge in [-0.3, -0.25) is 10.1 Å². The standard InChI is InChI=1S/C17H32N2O/c1-5-12(3)16-17(20)19(15(6-2)18-16)11-14-10-8-7-9-13(14)4/h12-16,18H,5-11H2,1-4H3. The summed E-state index contributed by atoms with van der Waals surface area (Å²) in [4.78, 5) is 14.9. The Labute approximate surface area is 124 Å². The van der Waals surface area contributed by atoms with E-state index in [9.17, 15) is 4.79 Å². The second-order valence-electron chi connectivity index (χ2n) is 6.97. The van der Waals surface area contributed by atoms with Crippen molar-refractivity contribution >= 4 is 5.91 Å². The lowest BCUT2D eigenvalue weighted by atomic mass is 9.80. The molecule has 5 atom stereocenters. The second kappa shape index (κ2) is 6.93. The number of hydrogen-bond donors (Lipinski definition) is 1. The topological polar surface area (TPSA) is 32.3 Å². The maximum Gasteiger partial charge on any atom is 0.241 e. The number of nitrogens with zero attached hydrogens (tertiary/aromatic N) is 1. The molecule has 3 heteroatoms. The van der Waals surface area contributed by atoms with Gasteiger partial charge in [-0.2, -0.15) is 0 Å². The first-order valence-electron chi connectivity index (χ1n) is 8.65. The van der Waals surface area contributed by atoms with Gasteiger partial charge in [-0.1, -0.05) is 53.4 Å². The molecule has 3 nitrogen and oxygen atoms in total. The Hall–Kier alpha value is -0.570. The number of carbonyl (C=O) groups is 1. The summed E-state index contributed by atoms with van der Waals surface area (Å²) in [7, 11) is 0. The highest BCUT2D eigenvalue weighted by molar-refractivity contribution is 5.84. The molecule has 1 amide bonds. The van der Waals surface area contributed by atoms with Crippen molar-refractivity contribution in [3.63, 3.8) is 0 Å². The van der Waals surface area contributed by atoms with Crippen molar-refractivity contribution in [1.82, 2.24) is 10.2 Å². The molecule has 1 heterocycles. The molecular formula is C17H32N2O. The predicted octanol–water partition coefficient (Wildman–Crippen LogP) is 3.40. The average molecular weight is 280 g/mol. The van der Waals surface area contributed by atoms with Crippen molar-refractivity contribution in [2.24, 2.45) is 17.8 Å². The monoisotopic (exact) mass is 280 g/mol. The Bertz CT molecular complexity index is 331. The number of hydrogen-bond acceptors (Lipinski definition) is 2. The van der Waals surface area contributed by atoms with Crippen LogP contribution < -0.4 is 5.32 Å². The highest BCUT2D eigenvalue weighted by Gasteiger charge is 2.41. The Morgan fingerprint density at radius 2 is 2.00 bits per heavy atom. The Morgan fingerprint density at radius 3 is 2.60 bits per heavy atom. The summed E-state index contributed by atoms with van der Waals surface area (Å²) in [6.07, 6.45) is 7.69. The highest BCUT2D eigenvalue weighted by atomic mass is 16.2. The molecule has 0 radical (unpaired) electrons. The maximum atomic E-state index is 12.7. The SMILES string of the molecule is CCC(C)C1NC(CC)N(CC2CCCCC2C)C1=O. The molecule has 0 aromatic rings. The van der Waals surface area contributed by atoms with E-state index in [1.54, 1.807) is 0 Å². The number of nitrogens with one attached hydrogen (secondary N) is 1. The molecular weight excluding hydrogens is 248 g/mol. The van der Waals surface area contributed by atoms with Crippen LogP contribution in [0.1, 0.15) is 66.2 Å². The van der Waals surface area contributed by atoms with E-state index in [2.05, 4.69) is 37.9 Å². The van der Waals surface area contributed by atoms with Crippen LogP contribution in [0.25, 0.3) is 0 Å². The first-order valence-corrected chi connectivity index (χ1v) is 8.65. The van der Waals surface area contributed by atoms with Crippen molar-refractivity contribution in [2.45, 2.75) is 78.4 Å². The van der Waals surface area contributed by atoms with Crippen LogP contribution in [0.5, 0.6) is 0 Å². The Balaban J connectivity index is 2.03. The van der Waals surface area contributed by atoms with E-state index in [0.717, 1.165) is 25.3 Å². The zero-order valence-corrected chi connectivity index (χ0v) is 13.7. The molecule has 0 spiro atoms. The van der Waals surface area contributed by atoms with Gasteiger partial charge in [-0.05, 0) is 30.6 Å². The summed E-state index contributed by atoms with van der Waals surface area (Å²) in [6, 6.07) is 0.0452. The van der Waals surface area contributed by atoms with Crippen LogP contribution >= 0.6 is 0 Å². The molecule has 1 saturated heterocycles. The van der Waals surface area contributed by atoms with Crippen molar-refractivity contribution in [3.05, 3.63) is 0 Å². The van der Waals surface area contributed by atoms with E-state index >= 15 is 0 Å². The van der Waals surface area contributed by atoms with Crippen LogP contribution in [0.3, 0.4) is 0 Å². The molecule has 116 valence electrons. The largest absolute Gasteiger partial charge is 0.326 e. The fourth-order valence-corrected chi connectivity index (χ4v) is 3.82. The minimum atomic E-state index is 0.0452. The van der Waals surface area contributed by atoms with Gasteiger partial charge < -0.3 is 4.90 Å². The number of rotatable bonds is 5. The molecule has 0 aromatic heterocycles. The van der Waals surface area contributed by atoms with Gasteiger partial charge in [0.25, 0.3) is 0 Å². The molecule has 5 unspecified atom stereocenters. The van der Waals surface area contributed by atoms with E-state index in [0.29, 0.717) is 17.7 Å². The third kappa shape index (κ3) is 3.19. The van der Waals surface area contributed by atoms with Crippen molar-refractivity contribution in [1.29, 1.82) is 0 Å². The van der Waals surface area contributed by atoms with E-state index < -0.39 is 0 Å². The normalized spacial score (nSPS) is 36.4. The third-order valence-corrected chi connectivity index (χ3v) is 5.62. The van der Waals surface area contributed by atoms with Gasteiger partial charge in [-0.25, -0.2) is 0 Å². The average Bonchev–Trinajstić information content (AvgIpc) is 2.77. The molecule has 1 saturated carbocycles. The highest BCUT2D eigenvalue weighted by Crippen LogP contribution is 2.32. The van der Waals surface area contributed by atoms with E-state index in [1.807, 2.05) is 0 Å². The lowest BCUT2D eigenvalue weighted by Crippen LogP contribution is -2.41. The first kappa shape index (κ1) is 15.8. The van der Waals surface area contributed by atoms with Crippen LogP contribution in [0.15, 0.2) is 0 Å². The van der Waals surface area contributed by atoms with E-state index in [4.69, 9.17) is 0 Å². The molecule has 0 bridgehead atoms. The lowest BCUT2D eigenvalue weighted by molar-refractivity contribution is -0.131. The summed E-state index contributed by atoms with van der Waals surface area (Å²) in [6.45, 7) is 9.88. The quantitative estimate of drug-likeness (QED) is 0.837. The van der Waals surface area contributed by atoms with Crippen LogP contribution in [-0.2, 0) is 4.79 Å². The molecule has 20 heavy (non-hydrogen) atoms. The van der Waals surface area contributed by atoms with Crippen LogP contribution in [0.4, 0.5) is 0 Å². The van der Waals surface area contributed by atoms with Crippen LogP contribution in [0, 0.1) is 17.8 Å². The van der Waals surface area contributed by atoms with Gasteiger partial charge in [0.05, 0.1) is 12.2 Å². The minimum absolute atomic E-state index is 0.0452. The van der Waals surface area contributed by atoms with Gasteiger partial charge in [0.2, 0.25) is 5.91 Å². The van der Waals surface area contributed by atoms with Crippen molar-refractivity contribution in [2.75, 3.05) is 6.54 Å². The number of carbonyl (C=O) groups excluding carboxylic acids is 1. The zero-order valence-electron chi connectivity index (χ0n) is 13.7. The molecule has 2 rings (SSSR count). The Kier molecular flexibility index (Phi) is 5.48.